The Morgan fingerprint density at radius 2 is 1.71 bits per heavy atom. The standard InChI is InChI=1S/C27H32N2O5/c1-3-8-24(25(30)29-14-13-17(2)22(15-29)26(31)32)28-27(33)34-16-23-20-11-6-4-9-18(20)19-10-5-7-12-21(19)23/h4-7,9-12,17,22-24H,3,8,13-16H2,1-2H3,(H,28,33)(H,31,32)/t17?,22?,24-/m0/s1. The van der Waals surface area contributed by atoms with E-state index >= 15 is 0 Å². The van der Waals surface area contributed by atoms with Crippen molar-refractivity contribution in [1.29, 1.82) is 0 Å². The molecule has 2 aromatic carbocycles. The van der Waals surface area contributed by atoms with Crippen molar-refractivity contribution in [1.82, 2.24) is 10.2 Å². The fourth-order valence-electron chi connectivity index (χ4n) is 5.14. The maximum Gasteiger partial charge on any atom is 0.407 e. The van der Waals surface area contributed by atoms with Crippen LogP contribution in [0.15, 0.2) is 48.5 Å². The molecule has 2 aliphatic rings. The van der Waals surface area contributed by atoms with E-state index < -0.39 is 24.0 Å². The second-order valence-corrected chi connectivity index (χ2v) is 9.31. The summed E-state index contributed by atoms with van der Waals surface area (Å²) in [6, 6.07) is 15.5. The number of benzene rings is 2. The number of fused-ring (bicyclic) bond motifs is 3. The lowest BCUT2D eigenvalue weighted by molar-refractivity contribution is -0.148. The van der Waals surface area contributed by atoms with Crippen LogP contribution in [0, 0.1) is 11.8 Å². The fourth-order valence-corrected chi connectivity index (χ4v) is 5.14. The van der Waals surface area contributed by atoms with Gasteiger partial charge in [0.1, 0.15) is 12.6 Å². The van der Waals surface area contributed by atoms with Gasteiger partial charge in [-0.3, -0.25) is 9.59 Å². The third kappa shape index (κ3) is 4.79. The minimum atomic E-state index is -0.887. The minimum absolute atomic E-state index is 0.0151. The van der Waals surface area contributed by atoms with Crippen molar-refractivity contribution in [2.24, 2.45) is 11.8 Å². The summed E-state index contributed by atoms with van der Waals surface area (Å²) in [5.41, 5.74) is 4.55. The van der Waals surface area contributed by atoms with Gasteiger partial charge in [0.05, 0.1) is 5.92 Å². The number of alkyl carbamates (subject to hydrolysis) is 1. The first-order chi connectivity index (χ1) is 16.4. The molecule has 0 radical (unpaired) electrons. The molecule has 1 heterocycles. The van der Waals surface area contributed by atoms with Crippen LogP contribution in [-0.2, 0) is 14.3 Å². The van der Waals surface area contributed by atoms with E-state index in [-0.39, 0.29) is 30.9 Å². The van der Waals surface area contributed by atoms with Crippen LogP contribution in [0.3, 0.4) is 0 Å². The zero-order valence-electron chi connectivity index (χ0n) is 19.7. The van der Waals surface area contributed by atoms with Crippen molar-refractivity contribution in [3.63, 3.8) is 0 Å². The summed E-state index contributed by atoms with van der Waals surface area (Å²) in [5, 5.41) is 12.2. The van der Waals surface area contributed by atoms with E-state index in [9.17, 15) is 19.5 Å². The largest absolute Gasteiger partial charge is 0.481 e. The summed E-state index contributed by atoms with van der Waals surface area (Å²) in [6.07, 6.45) is 1.17. The molecule has 7 nitrogen and oxygen atoms in total. The molecule has 2 unspecified atom stereocenters. The van der Waals surface area contributed by atoms with Crippen LogP contribution < -0.4 is 5.32 Å². The number of hydrogen-bond acceptors (Lipinski definition) is 4. The SMILES string of the molecule is CCC[C@H](NC(=O)OCC1c2ccccc2-c2ccccc21)C(=O)N1CCC(C)C(C(=O)O)C1. The third-order valence-corrected chi connectivity index (χ3v) is 7.10. The molecule has 1 fully saturated rings. The molecule has 34 heavy (non-hydrogen) atoms. The van der Waals surface area contributed by atoms with Gasteiger partial charge >= 0.3 is 12.1 Å². The molecular weight excluding hydrogens is 432 g/mol. The summed E-state index contributed by atoms with van der Waals surface area (Å²) >= 11 is 0. The number of carboxylic acid groups (broad SMARTS) is 1. The number of piperidine rings is 1. The Morgan fingerprint density at radius 1 is 1.09 bits per heavy atom. The van der Waals surface area contributed by atoms with Gasteiger partial charge in [-0.1, -0.05) is 68.8 Å². The van der Waals surface area contributed by atoms with Gasteiger partial charge < -0.3 is 20.1 Å². The summed E-state index contributed by atoms with van der Waals surface area (Å²) in [5.74, 6) is -1.76. The Bertz CT molecular complexity index is 1020. The van der Waals surface area contributed by atoms with E-state index in [4.69, 9.17) is 4.74 Å². The molecule has 1 aliphatic carbocycles. The summed E-state index contributed by atoms with van der Waals surface area (Å²) in [4.78, 5) is 39.0. The second kappa shape index (κ2) is 10.3. The van der Waals surface area contributed by atoms with Gasteiger partial charge in [-0.2, -0.15) is 0 Å². The minimum Gasteiger partial charge on any atom is -0.481 e. The molecule has 4 rings (SSSR count). The second-order valence-electron chi connectivity index (χ2n) is 9.31. The molecule has 0 saturated carbocycles. The Labute approximate surface area is 200 Å². The van der Waals surface area contributed by atoms with Gasteiger partial charge in [-0.25, -0.2) is 4.79 Å². The average molecular weight is 465 g/mol. The zero-order valence-corrected chi connectivity index (χ0v) is 19.7. The lowest BCUT2D eigenvalue weighted by Crippen LogP contribution is -2.53. The van der Waals surface area contributed by atoms with Gasteiger partial charge in [-0.15, -0.1) is 0 Å². The number of ether oxygens (including phenoxy) is 1. The van der Waals surface area contributed by atoms with Crippen LogP contribution in [0.1, 0.15) is 50.2 Å². The summed E-state index contributed by atoms with van der Waals surface area (Å²) in [7, 11) is 0. The zero-order chi connectivity index (χ0) is 24.2. The van der Waals surface area contributed by atoms with Crippen LogP contribution >= 0.6 is 0 Å². The number of amides is 2. The third-order valence-electron chi connectivity index (χ3n) is 7.10. The highest BCUT2D eigenvalue weighted by Gasteiger charge is 2.36. The van der Waals surface area contributed by atoms with E-state index in [0.29, 0.717) is 25.8 Å². The molecule has 0 aromatic heterocycles. The fraction of sp³-hybridized carbons (Fsp3) is 0.444. The first-order valence-corrected chi connectivity index (χ1v) is 12.0. The number of carbonyl (C=O) groups is 3. The lowest BCUT2D eigenvalue weighted by atomic mass is 9.87. The van der Waals surface area contributed by atoms with Crippen molar-refractivity contribution >= 4 is 18.0 Å². The Hall–Kier alpha value is -3.35. The monoisotopic (exact) mass is 464 g/mol. The van der Waals surface area contributed by atoms with Crippen molar-refractivity contribution < 1.29 is 24.2 Å². The molecule has 2 aromatic rings. The summed E-state index contributed by atoms with van der Waals surface area (Å²) < 4.78 is 5.62. The molecule has 0 spiro atoms. The van der Waals surface area contributed by atoms with Crippen molar-refractivity contribution in [3.8, 4) is 11.1 Å². The molecule has 180 valence electrons. The Kier molecular flexibility index (Phi) is 7.20. The van der Waals surface area contributed by atoms with Crippen LogP contribution in [0.2, 0.25) is 0 Å². The quantitative estimate of drug-likeness (QED) is 0.638. The van der Waals surface area contributed by atoms with Crippen molar-refractivity contribution in [2.75, 3.05) is 19.7 Å². The Balaban J connectivity index is 1.40. The van der Waals surface area contributed by atoms with Gasteiger partial charge in [0, 0.05) is 19.0 Å². The van der Waals surface area contributed by atoms with Gasteiger partial charge in [0.15, 0.2) is 0 Å². The molecule has 1 aliphatic heterocycles. The number of nitrogens with zero attached hydrogens (tertiary/aromatic N) is 1. The van der Waals surface area contributed by atoms with Crippen molar-refractivity contribution in [2.45, 2.75) is 45.1 Å². The maximum atomic E-state index is 13.1. The van der Waals surface area contributed by atoms with E-state index in [1.54, 1.807) is 4.90 Å². The highest BCUT2D eigenvalue weighted by atomic mass is 16.5. The lowest BCUT2D eigenvalue weighted by Gasteiger charge is -2.36. The molecule has 2 N–H and O–H groups in total. The van der Waals surface area contributed by atoms with Gasteiger partial charge in [0.25, 0.3) is 0 Å². The van der Waals surface area contributed by atoms with E-state index in [1.807, 2.05) is 38.1 Å². The van der Waals surface area contributed by atoms with Gasteiger partial charge in [-0.05, 0) is 41.0 Å². The number of nitrogens with one attached hydrogen (secondary N) is 1. The number of likely N-dealkylation sites (tertiary alicyclic amines) is 1. The predicted octanol–water partition coefficient (Wildman–Crippen LogP) is 4.26. The van der Waals surface area contributed by atoms with Crippen LogP contribution in [0.25, 0.3) is 11.1 Å². The Morgan fingerprint density at radius 3 is 2.29 bits per heavy atom. The average Bonchev–Trinajstić information content (AvgIpc) is 3.16. The van der Waals surface area contributed by atoms with Gasteiger partial charge in [0.2, 0.25) is 5.91 Å². The highest BCUT2D eigenvalue weighted by Crippen LogP contribution is 2.44. The first-order valence-electron chi connectivity index (χ1n) is 12.0. The first kappa shape index (κ1) is 23.8. The van der Waals surface area contributed by atoms with Crippen molar-refractivity contribution in [3.05, 3.63) is 59.7 Å². The van der Waals surface area contributed by atoms with Crippen LogP contribution in [0.4, 0.5) is 4.79 Å². The van der Waals surface area contributed by atoms with E-state index in [2.05, 4.69) is 29.6 Å². The smallest absolute Gasteiger partial charge is 0.407 e. The highest BCUT2D eigenvalue weighted by molar-refractivity contribution is 5.86. The topological polar surface area (TPSA) is 95.9 Å². The maximum absolute atomic E-state index is 13.1. The van der Waals surface area contributed by atoms with Crippen LogP contribution in [0.5, 0.6) is 0 Å². The molecule has 7 heteroatoms. The molecule has 1 saturated heterocycles. The van der Waals surface area contributed by atoms with Crippen LogP contribution in [-0.4, -0.2) is 53.7 Å². The van der Waals surface area contributed by atoms with E-state index in [1.165, 1.54) is 0 Å². The molecule has 2 amide bonds. The summed E-state index contributed by atoms with van der Waals surface area (Å²) in [6.45, 7) is 4.69. The molecule has 3 atom stereocenters. The number of hydrogen-bond donors (Lipinski definition) is 2. The molecule has 0 bridgehead atoms. The number of carbonyl (C=O) groups excluding carboxylic acids is 2. The normalized spacial score (nSPS) is 20.2. The predicted molar refractivity (Wildman–Crippen MR) is 128 cm³/mol. The number of carboxylic acids is 1. The van der Waals surface area contributed by atoms with E-state index in [0.717, 1.165) is 22.3 Å². The number of rotatable bonds is 7. The molecular formula is C27H32N2O5. The number of aliphatic carboxylic acids is 1.